The molecule has 0 aliphatic carbocycles. The Morgan fingerprint density at radius 3 is 1.88 bits per heavy atom. The number of ether oxygens (including phenoxy) is 6. The summed E-state index contributed by atoms with van der Waals surface area (Å²) in [6, 6.07) is 29.9. The number of thiocarbonyl (C=S) groups is 1. The highest BCUT2D eigenvalue weighted by molar-refractivity contribution is 7.80. The van der Waals surface area contributed by atoms with E-state index in [0.29, 0.717) is 19.8 Å². The molecule has 0 bridgehead atoms. The lowest BCUT2D eigenvalue weighted by Crippen LogP contribution is -2.62. The molecule has 3 aromatic carbocycles. The SMILES string of the molecule is CO[C@H]1O[C@H](COCc2ccccc2)[C@@H](OC(=S)n2ccnc2)[C@H](OCc2ccccc2)[C@H]1OCc1ccccc1. The van der Waals surface area contributed by atoms with Gasteiger partial charge in [0.2, 0.25) is 0 Å². The molecule has 0 N–H and O–H groups in total. The lowest BCUT2D eigenvalue weighted by Gasteiger charge is -2.45. The Kier molecular flexibility index (Phi) is 10.6. The average molecular weight is 575 g/mol. The summed E-state index contributed by atoms with van der Waals surface area (Å²) in [5.41, 5.74) is 3.09. The van der Waals surface area contributed by atoms with Crippen LogP contribution in [0, 0.1) is 0 Å². The number of hydrogen-bond acceptors (Lipinski definition) is 8. The molecule has 1 saturated heterocycles. The molecule has 0 unspecified atom stereocenters. The van der Waals surface area contributed by atoms with Gasteiger partial charge in [-0.05, 0) is 28.9 Å². The first-order chi connectivity index (χ1) is 20.2. The predicted octanol–water partition coefficient (Wildman–Crippen LogP) is 5.16. The molecule has 0 radical (unpaired) electrons. The van der Waals surface area contributed by atoms with Crippen molar-refractivity contribution in [2.75, 3.05) is 13.7 Å². The van der Waals surface area contributed by atoms with E-state index in [9.17, 15) is 0 Å². The van der Waals surface area contributed by atoms with Gasteiger partial charge in [0.05, 0.1) is 26.4 Å². The van der Waals surface area contributed by atoms with E-state index in [4.69, 9.17) is 40.6 Å². The van der Waals surface area contributed by atoms with Crippen molar-refractivity contribution in [2.45, 2.75) is 50.5 Å². The molecule has 41 heavy (non-hydrogen) atoms. The smallest absolute Gasteiger partial charge is 0.269 e. The van der Waals surface area contributed by atoms with Crippen LogP contribution in [0.1, 0.15) is 16.7 Å². The Hall–Kier alpha value is -3.44. The summed E-state index contributed by atoms with van der Waals surface area (Å²) in [6.07, 6.45) is 1.77. The molecule has 8 nitrogen and oxygen atoms in total. The molecule has 1 aliphatic heterocycles. The third-order valence-corrected chi connectivity index (χ3v) is 7.05. The molecule has 2 heterocycles. The lowest BCUT2D eigenvalue weighted by atomic mass is 9.98. The maximum absolute atomic E-state index is 6.58. The van der Waals surface area contributed by atoms with Crippen LogP contribution in [0.5, 0.6) is 0 Å². The minimum absolute atomic E-state index is 0.218. The number of imidazole rings is 1. The van der Waals surface area contributed by atoms with Crippen LogP contribution in [0.25, 0.3) is 0 Å². The van der Waals surface area contributed by atoms with Crippen molar-refractivity contribution in [1.29, 1.82) is 0 Å². The molecule has 4 aromatic rings. The monoisotopic (exact) mass is 574 g/mol. The first-order valence-corrected chi connectivity index (χ1v) is 13.9. The van der Waals surface area contributed by atoms with Gasteiger partial charge in [-0.1, -0.05) is 91.0 Å². The highest BCUT2D eigenvalue weighted by atomic mass is 32.1. The summed E-state index contributed by atoms with van der Waals surface area (Å²) < 4.78 is 39.4. The van der Waals surface area contributed by atoms with Crippen LogP contribution in [0.3, 0.4) is 0 Å². The van der Waals surface area contributed by atoms with Gasteiger partial charge in [-0.2, -0.15) is 0 Å². The summed E-state index contributed by atoms with van der Waals surface area (Å²) in [5, 5.41) is 0.218. The first kappa shape index (κ1) is 29.1. The van der Waals surface area contributed by atoms with E-state index in [1.165, 1.54) is 0 Å². The van der Waals surface area contributed by atoms with Crippen molar-refractivity contribution < 1.29 is 28.4 Å². The van der Waals surface area contributed by atoms with Crippen molar-refractivity contribution in [1.82, 2.24) is 9.55 Å². The Labute approximate surface area is 245 Å². The molecule has 9 heteroatoms. The number of nitrogens with zero attached hydrogens (tertiary/aromatic N) is 2. The Bertz CT molecular complexity index is 1310. The predicted molar refractivity (Wildman–Crippen MR) is 157 cm³/mol. The van der Waals surface area contributed by atoms with Crippen molar-refractivity contribution in [2.24, 2.45) is 0 Å². The summed E-state index contributed by atoms with van der Waals surface area (Å²) in [4.78, 5) is 4.10. The molecule has 0 amide bonds. The van der Waals surface area contributed by atoms with Gasteiger partial charge in [0.1, 0.15) is 24.6 Å². The summed E-state index contributed by atoms with van der Waals surface area (Å²) in [6.45, 7) is 1.32. The summed E-state index contributed by atoms with van der Waals surface area (Å²) in [7, 11) is 1.59. The van der Waals surface area contributed by atoms with E-state index in [-0.39, 0.29) is 11.8 Å². The van der Waals surface area contributed by atoms with Crippen molar-refractivity contribution in [3.05, 3.63) is 126 Å². The van der Waals surface area contributed by atoms with Gasteiger partial charge in [0, 0.05) is 19.5 Å². The Morgan fingerprint density at radius 2 is 1.34 bits per heavy atom. The molecule has 0 spiro atoms. The number of rotatable bonds is 12. The number of aromatic nitrogens is 2. The van der Waals surface area contributed by atoms with Crippen LogP contribution in [-0.4, -0.2) is 59.1 Å². The van der Waals surface area contributed by atoms with Gasteiger partial charge < -0.3 is 28.4 Å². The van der Waals surface area contributed by atoms with E-state index in [1.807, 2.05) is 91.0 Å². The molecule has 0 saturated carbocycles. The molecule has 5 rings (SSSR count). The van der Waals surface area contributed by atoms with E-state index in [2.05, 4.69) is 4.98 Å². The van der Waals surface area contributed by atoms with E-state index in [1.54, 1.807) is 30.4 Å². The third-order valence-electron chi connectivity index (χ3n) is 6.74. The van der Waals surface area contributed by atoms with Crippen LogP contribution in [0.4, 0.5) is 0 Å². The number of methoxy groups -OCH3 is 1. The van der Waals surface area contributed by atoms with Crippen LogP contribution in [0.2, 0.25) is 0 Å². The van der Waals surface area contributed by atoms with Gasteiger partial charge in [0.25, 0.3) is 5.17 Å². The zero-order valence-corrected chi connectivity index (χ0v) is 23.7. The summed E-state index contributed by atoms with van der Waals surface area (Å²) >= 11 is 5.64. The molecular formula is C32H34N2O6S. The molecule has 5 atom stereocenters. The molecule has 1 aromatic heterocycles. The molecule has 214 valence electrons. The minimum atomic E-state index is -0.730. The van der Waals surface area contributed by atoms with Crippen molar-refractivity contribution in [3.8, 4) is 0 Å². The second-order valence-corrected chi connectivity index (χ2v) is 9.97. The second kappa shape index (κ2) is 15.0. The van der Waals surface area contributed by atoms with Crippen LogP contribution >= 0.6 is 12.2 Å². The number of hydrogen-bond donors (Lipinski definition) is 0. The van der Waals surface area contributed by atoms with Gasteiger partial charge in [-0.15, -0.1) is 0 Å². The van der Waals surface area contributed by atoms with Gasteiger partial charge >= 0.3 is 0 Å². The summed E-state index contributed by atoms with van der Waals surface area (Å²) in [5.74, 6) is 0. The molecule has 1 fully saturated rings. The number of benzene rings is 3. The average Bonchev–Trinajstić information content (AvgIpc) is 3.57. The first-order valence-electron chi connectivity index (χ1n) is 13.5. The third kappa shape index (κ3) is 8.07. The maximum Gasteiger partial charge on any atom is 0.269 e. The van der Waals surface area contributed by atoms with Crippen LogP contribution < -0.4 is 0 Å². The Morgan fingerprint density at radius 1 is 0.780 bits per heavy atom. The zero-order chi connectivity index (χ0) is 28.3. The Balaban J connectivity index is 1.41. The highest BCUT2D eigenvalue weighted by Crippen LogP contribution is 2.31. The maximum atomic E-state index is 6.58. The van der Waals surface area contributed by atoms with E-state index >= 15 is 0 Å². The standard InChI is InChI=1S/C32H34N2O6S/c1-35-31-30(38-21-26-15-9-4-10-16-26)29(37-20-25-13-7-3-8-14-25)28(40-32(41)34-18-17-33-23-34)27(39-31)22-36-19-24-11-5-2-6-12-24/h2-18,23,27-31H,19-22H2,1H3/t27-,28-,29+,30-,31+/m1/s1. The molecule has 1 aliphatic rings. The van der Waals surface area contributed by atoms with Crippen LogP contribution in [-0.2, 0) is 48.2 Å². The van der Waals surface area contributed by atoms with Crippen molar-refractivity contribution >= 4 is 17.4 Å². The fourth-order valence-corrected chi connectivity index (χ4v) is 4.87. The largest absolute Gasteiger partial charge is 0.461 e. The van der Waals surface area contributed by atoms with Gasteiger partial charge in [0.15, 0.2) is 12.4 Å². The van der Waals surface area contributed by atoms with E-state index in [0.717, 1.165) is 16.7 Å². The quantitative estimate of drug-likeness (QED) is 0.215. The van der Waals surface area contributed by atoms with Gasteiger partial charge in [-0.25, -0.2) is 4.98 Å². The fraction of sp³-hybridized carbons (Fsp3) is 0.312. The van der Waals surface area contributed by atoms with E-state index < -0.39 is 30.7 Å². The van der Waals surface area contributed by atoms with Crippen LogP contribution in [0.15, 0.2) is 110 Å². The topological polar surface area (TPSA) is 73.2 Å². The minimum Gasteiger partial charge on any atom is -0.461 e. The second-order valence-electron chi connectivity index (χ2n) is 9.62. The van der Waals surface area contributed by atoms with Crippen molar-refractivity contribution in [3.63, 3.8) is 0 Å². The highest BCUT2D eigenvalue weighted by Gasteiger charge is 2.50. The fourth-order valence-electron chi connectivity index (χ4n) is 4.66. The van der Waals surface area contributed by atoms with Gasteiger partial charge in [-0.3, -0.25) is 4.57 Å². The lowest BCUT2D eigenvalue weighted by molar-refractivity contribution is -0.313. The normalized spacial score (nSPS) is 22.3. The zero-order valence-electron chi connectivity index (χ0n) is 22.9. The molecular weight excluding hydrogens is 540 g/mol.